The van der Waals surface area contributed by atoms with Crippen LogP contribution in [-0.2, 0) is 0 Å². The number of hydrogen-bond acceptors (Lipinski definition) is 3. The van der Waals surface area contributed by atoms with Gasteiger partial charge in [0.25, 0.3) is 5.56 Å². The fraction of sp³-hybridized carbons (Fsp3) is 0.0909. The molecule has 0 fully saturated rings. The van der Waals surface area contributed by atoms with Gasteiger partial charge in [-0.15, -0.1) is 11.8 Å². The standard InChI is InChI=1S/C11H9BrN2OS/c1-16-9-6-10(15)13-14-11(9)7-2-4-8(12)5-3-7/h2-6H,1H3,(H,13,15). The Bertz CT molecular complexity index is 551. The number of nitrogens with zero attached hydrogens (tertiary/aromatic N) is 1. The van der Waals surface area contributed by atoms with E-state index in [2.05, 4.69) is 26.1 Å². The molecule has 2 rings (SSSR count). The van der Waals surface area contributed by atoms with Crippen molar-refractivity contribution in [2.24, 2.45) is 0 Å². The molecule has 0 amide bonds. The zero-order chi connectivity index (χ0) is 11.5. The van der Waals surface area contributed by atoms with Gasteiger partial charge in [-0.2, -0.15) is 5.10 Å². The zero-order valence-corrected chi connectivity index (χ0v) is 10.9. The van der Waals surface area contributed by atoms with Crippen LogP contribution in [0.25, 0.3) is 11.3 Å². The topological polar surface area (TPSA) is 45.8 Å². The Morgan fingerprint density at radius 2 is 2.00 bits per heavy atom. The molecule has 0 saturated heterocycles. The monoisotopic (exact) mass is 296 g/mol. The van der Waals surface area contributed by atoms with E-state index in [1.165, 1.54) is 11.8 Å². The van der Waals surface area contributed by atoms with Crippen molar-refractivity contribution in [3.8, 4) is 11.3 Å². The van der Waals surface area contributed by atoms with Crippen LogP contribution in [0.1, 0.15) is 0 Å². The molecule has 1 aromatic heterocycles. The van der Waals surface area contributed by atoms with Gasteiger partial charge in [0.05, 0.1) is 0 Å². The first-order chi connectivity index (χ1) is 7.70. The number of H-pyrrole nitrogens is 1. The van der Waals surface area contributed by atoms with Gasteiger partial charge in [-0.1, -0.05) is 28.1 Å². The average molecular weight is 297 g/mol. The summed E-state index contributed by atoms with van der Waals surface area (Å²) in [5.41, 5.74) is 1.62. The molecule has 16 heavy (non-hydrogen) atoms. The molecular weight excluding hydrogens is 288 g/mol. The summed E-state index contributed by atoms with van der Waals surface area (Å²) in [6.07, 6.45) is 1.93. The highest BCUT2D eigenvalue weighted by molar-refractivity contribution is 9.10. The first-order valence-electron chi connectivity index (χ1n) is 4.60. The Hall–Kier alpha value is -1.07. The number of aromatic nitrogens is 2. The summed E-state index contributed by atoms with van der Waals surface area (Å²) in [6, 6.07) is 9.39. The third-order valence-electron chi connectivity index (χ3n) is 2.11. The molecule has 0 aliphatic heterocycles. The maximum atomic E-state index is 11.1. The Kier molecular flexibility index (Phi) is 3.46. The molecule has 1 heterocycles. The molecule has 0 aliphatic rings. The summed E-state index contributed by atoms with van der Waals surface area (Å²) < 4.78 is 1.02. The minimum Gasteiger partial charge on any atom is -0.268 e. The van der Waals surface area contributed by atoms with Gasteiger partial charge in [0, 0.05) is 21.0 Å². The summed E-state index contributed by atoms with van der Waals surface area (Å²) in [5.74, 6) is 0. The highest BCUT2D eigenvalue weighted by atomic mass is 79.9. The van der Waals surface area contributed by atoms with Crippen LogP contribution in [0, 0.1) is 0 Å². The highest BCUT2D eigenvalue weighted by Crippen LogP contribution is 2.27. The molecule has 3 nitrogen and oxygen atoms in total. The fourth-order valence-electron chi connectivity index (χ4n) is 1.36. The van der Waals surface area contributed by atoms with Gasteiger partial charge in [0.2, 0.25) is 0 Å². The summed E-state index contributed by atoms with van der Waals surface area (Å²) in [5, 5.41) is 6.53. The molecule has 1 aromatic carbocycles. The minimum atomic E-state index is -0.176. The molecule has 5 heteroatoms. The van der Waals surface area contributed by atoms with Crippen molar-refractivity contribution in [3.63, 3.8) is 0 Å². The molecule has 82 valence electrons. The predicted octanol–water partition coefficient (Wildman–Crippen LogP) is 2.92. The quantitative estimate of drug-likeness (QED) is 0.867. The third-order valence-corrected chi connectivity index (χ3v) is 3.39. The molecule has 0 bridgehead atoms. The van der Waals surface area contributed by atoms with Crippen LogP contribution < -0.4 is 5.56 Å². The molecule has 0 radical (unpaired) electrons. The second kappa shape index (κ2) is 4.84. The maximum Gasteiger partial charge on any atom is 0.265 e. The van der Waals surface area contributed by atoms with Gasteiger partial charge in [0.15, 0.2) is 0 Å². The van der Waals surface area contributed by atoms with Crippen molar-refractivity contribution >= 4 is 27.7 Å². The Labute approximate surface area is 105 Å². The number of nitrogens with one attached hydrogen (secondary N) is 1. The van der Waals surface area contributed by atoms with E-state index in [1.54, 1.807) is 6.07 Å². The van der Waals surface area contributed by atoms with E-state index in [-0.39, 0.29) is 5.56 Å². The van der Waals surface area contributed by atoms with E-state index in [4.69, 9.17) is 0 Å². The molecule has 1 N–H and O–H groups in total. The van der Waals surface area contributed by atoms with Gasteiger partial charge in [0.1, 0.15) is 5.69 Å². The van der Waals surface area contributed by atoms with Crippen LogP contribution in [-0.4, -0.2) is 16.5 Å². The maximum absolute atomic E-state index is 11.1. The number of aromatic amines is 1. The lowest BCUT2D eigenvalue weighted by molar-refractivity contribution is 0.966. The number of benzene rings is 1. The molecule has 0 unspecified atom stereocenters. The van der Waals surface area contributed by atoms with E-state index < -0.39 is 0 Å². The molecule has 0 saturated carbocycles. The van der Waals surface area contributed by atoms with Crippen molar-refractivity contribution in [2.45, 2.75) is 4.90 Å². The third kappa shape index (κ3) is 2.36. The molecule has 0 atom stereocenters. The van der Waals surface area contributed by atoms with Gasteiger partial charge < -0.3 is 0 Å². The molecular formula is C11H9BrN2OS. The Morgan fingerprint density at radius 3 is 2.62 bits per heavy atom. The molecule has 0 aliphatic carbocycles. The van der Waals surface area contributed by atoms with Crippen molar-refractivity contribution in [1.82, 2.24) is 10.2 Å². The summed E-state index contributed by atoms with van der Waals surface area (Å²) in [4.78, 5) is 12.0. The van der Waals surface area contributed by atoms with Crippen LogP contribution in [0.3, 0.4) is 0 Å². The van der Waals surface area contributed by atoms with E-state index in [9.17, 15) is 4.79 Å². The van der Waals surface area contributed by atoms with Crippen LogP contribution in [0.15, 0.2) is 44.5 Å². The summed E-state index contributed by atoms with van der Waals surface area (Å²) in [7, 11) is 0. The van der Waals surface area contributed by atoms with Gasteiger partial charge in [-0.3, -0.25) is 4.79 Å². The minimum absolute atomic E-state index is 0.176. The molecule has 0 spiro atoms. The number of halogens is 1. The number of thioether (sulfide) groups is 1. The normalized spacial score (nSPS) is 10.4. The van der Waals surface area contributed by atoms with Crippen molar-refractivity contribution < 1.29 is 0 Å². The average Bonchev–Trinajstić information content (AvgIpc) is 2.30. The van der Waals surface area contributed by atoms with Crippen LogP contribution >= 0.6 is 27.7 Å². The smallest absolute Gasteiger partial charge is 0.265 e. The Balaban J connectivity index is 2.55. The SMILES string of the molecule is CSc1cc(=O)[nH]nc1-c1ccc(Br)cc1. The number of rotatable bonds is 2. The van der Waals surface area contributed by atoms with Crippen molar-refractivity contribution in [2.75, 3.05) is 6.26 Å². The lowest BCUT2D eigenvalue weighted by atomic mass is 10.1. The zero-order valence-electron chi connectivity index (χ0n) is 8.53. The highest BCUT2D eigenvalue weighted by Gasteiger charge is 2.06. The van der Waals surface area contributed by atoms with Crippen molar-refractivity contribution in [3.05, 3.63) is 45.2 Å². The van der Waals surface area contributed by atoms with Crippen LogP contribution in [0.5, 0.6) is 0 Å². The van der Waals surface area contributed by atoms with E-state index in [1.807, 2.05) is 30.5 Å². The first-order valence-corrected chi connectivity index (χ1v) is 6.62. The largest absolute Gasteiger partial charge is 0.268 e. The van der Waals surface area contributed by atoms with E-state index in [0.717, 1.165) is 20.6 Å². The van der Waals surface area contributed by atoms with E-state index >= 15 is 0 Å². The van der Waals surface area contributed by atoms with E-state index in [0.29, 0.717) is 0 Å². The van der Waals surface area contributed by atoms with Gasteiger partial charge in [-0.05, 0) is 18.4 Å². The van der Waals surface area contributed by atoms with Gasteiger partial charge >= 0.3 is 0 Å². The van der Waals surface area contributed by atoms with Crippen molar-refractivity contribution in [1.29, 1.82) is 0 Å². The van der Waals surface area contributed by atoms with Gasteiger partial charge in [-0.25, -0.2) is 5.10 Å². The second-order valence-electron chi connectivity index (χ2n) is 3.16. The lowest BCUT2D eigenvalue weighted by Gasteiger charge is -2.04. The predicted molar refractivity (Wildman–Crippen MR) is 69.8 cm³/mol. The van der Waals surface area contributed by atoms with Crippen LogP contribution in [0.2, 0.25) is 0 Å². The Morgan fingerprint density at radius 1 is 1.31 bits per heavy atom. The summed E-state index contributed by atoms with van der Waals surface area (Å²) >= 11 is 4.90. The second-order valence-corrected chi connectivity index (χ2v) is 4.92. The lowest BCUT2D eigenvalue weighted by Crippen LogP contribution is -2.07. The van der Waals surface area contributed by atoms with Crippen LogP contribution in [0.4, 0.5) is 0 Å². The number of hydrogen-bond donors (Lipinski definition) is 1. The molecule has 2 aromatic rings. The first kappa shape index (κ1) is 11.4. The summed E-state index contributed by atoms with van der Waals surface area (Å²) in [6.45, 7) is 0. The fourth-order valence-corrected chi connectivity index (χ4v) is 2.20.